The predicted octanol–water partition coefficient (Wildman–Crippen LogP) is 4.41. The van der Waals surface area contributed by atoms with Crippen LogP contribution in [0, 0.1) is 0 Å². The molecule has 2 N–H and O–H groups in total. The van der Waals surface area contributed by atoms with Crippen LogP contribution in [0.5, 0.6) is 0 Å². The molecule has 0 amide bonds. The largest absolute Gasteiger partial charge is 0.372 e. The zero-order chi connectivity index (χ0) is 20.8. The predicted molar refractivity (Wildman–Crippen MR) is 124 cm³/mol. The molecule has 4 rings (SSSR count). The average Bonchev–Trinajstić information content (AvgIpc) is 3.54. The van der Waals surface area contributed by atoms with Crippen LogP contribution >= 0.6 is 0 Å². The fourth-order valence-corrected chi connectivity index (χ4v) is 4.57. The Labute approximate surface area is 180 Å². The molecule has 2 aliphatic rings. The van der Waals surface area contributed by atoms with E-state index in [0.717, 1.165) is 18.2 Å². The maximum atomic E-state index is 4.80. The smallest absolute Gasteiger partial charge is 0.192 e. The van der Waals surface area contributed by atoms with E-state index in [1.54, 1.807) is 0 Å². The molecule has 1 aliphatic heterocycles. The molecule has 1 saturated carbocycles. The second-order valence-electron chi connectivity index (χ2n) is 8.58. The molecule has 0 bridgehead atoms. The van der Waals surface area contributed by atoms with Gasteiger partial charge in [-0.05, 0) is 63.3 Å². The van der Waals surface area contributed by atoms with Gasteiger partial charge >= 0.3 is 0 Å². The van der Waals surface area contributed by atoms with Crippen molar-refractivity contribution in [1.82, 2.24) is 20.4 Å². The van der Waals surface area contributed by atoms with Crippen molar-refractivity contribution in [2.75, 3.05) is 24.5 Å². The maximum absolute atomic E-state index is 4.80. The zero-order valence-electron chi connectivity index (χ0n) is 18.5. The molecule has 2 aromatic rings. The quantitative estimate of drug-likeness (QED) is 0.526. The van der Waals surface area contributed by atoms with E-state index in [1.165, 1.54) is 62.9 Å². The van der Waals surface area contributed by atoms with Crippen molar-refractivity contribution in [2.24, 2.45) is 4.99 Å². The Balaban J connectivity index is 1.39. The van der Waals surface area contributed by atoms with Crippen LogP contribution in [0.25, 0.3) is 0 Å². The summed E-state index contributed by atoms with van der Waals surface area (Å²) in [6.45, 7) is 8.07. The summed E-state index contributed by atoms with van der Waals surface area (Å²) in [4.78, 5) is 7.28. The van der Waals surface area contributed by atoms with Gasteiger partial charge in [-0.3, -0.25) is 4.68 Å². The number of anilines is 1. The van der Waals surface area contributed by atoms with Gasteiger partial charge in [0.25, 0.3) is 0 Å². The third-order valence-corrected chi connectivity index (χ3v) is 6.30. The SMILES string of the molecule is CCNC(=NCc1ccn(C2CCCC2)n1)NC(C)c1cccc(N2CCCC2)c1. The Bertz CT molecular complexity index is 830. The summed E-state index contributed by atoms with van der Waals surface area (Å²) in [6, 6.07) is 11.8. The second kappa shape index (κ2) is 10.0. The fourth-order valence-electron chi connectivity index (χ4n) is 4.57. The van der Waals surface area contributed by atoms with Gasteiger partial charge in [-0.2, -0.15) is 5.10 Å². The van der Waals surface area contributed by atoms with Gasteiger partial charge < -0.3 is 15.5 Å². The molecule has 2 fully saturated rings. The number of hydrogen-bond donors (Lipinski definition) is 2. The number of nitrogens with one attached hydrogen (secondary N) is 2. The van der Waals surface area contributed by atoms with Gasteiger partial charge in [0.1, 0.15) is 0 Å². The summed E-state index contributed by atoms with van der Waals surface area (Å²) in [5.74, 6) is 0.840. The average molecular weight is 409 g/mol. The van der Waals surface area contributed by atoms with Crippen LogP contribution in [-0.4, -0.2) is 35.4 Å². The summed E-state index contributed by atoms with van der Waals surface area (Å²) in [5, 5.41) is 11.7. The minimum atomic E-state index is 0.182. The number of hydrogen-bond acceptors (Lipinski definition) is 3. The Morgan fingerprint density at radius 1 is 1.17 bits per heavy atom. The molecule has 30 heavy (non-hydrogen) atoms. The van der Waals surface area contributed by atoms with Crippen LogP contribution in [0.1, 0.15) is 75.7 Å². The molecule has 1 aliphatic carbocycles. The molecule has 1 aromatic carbocycles. The molecular formula is C24H36N6. The molecule has 162 valence electrons. The molecule has 0 spiro atoms. The van der Waals surface area contributed by atoms with Crippen molar-refractivity contribution < 1.29 is 0 Å². The molecule has 6 heteroatoms. The second-order valence-corrected chi connectivity index (χ2v) is 8.58. The van der Waals surface area contributed by atoms with Gasteiger partial charge in [0, 0.05) is 31.5 Å². The first-order valence-corrected chi connectivity index (χ1v) is 11.7. The molecule has 1 atom stereocenters. The monoisotopic (exact) mass is 408 g/mol. The lowest BCUT2D eigenvalue weighted by Crippen LogP contribution is -2.38. The highest BCUT2D eigenvalue weighted by Crippen LogP contribution is 2.28. The highest BCUT2D eigenvalue weighted by molar-refractivity contribution is 5.80. The highest BCUT2D eigenvalue weighted by Gasteiger charge is 2.18. The van der Waals surface area contributed by atoms with Crippen LogP contribution in [0.15, 0.2) is 41.5 Å². The topological polar surface area (TPSA) is 57.5 Å². The van der Waals surface area contributed by atoms with E-state index in [4.69, 9.17) is 10.1 Å². The standard InChI is InChI=1S/C24H36N6/c1-3-25-24(26-18-21-13-16-30(28-21)22-10-4-5-11-22)27-19(2)20-9-8-12-23(17-20)29-14-6-7-15-29/h8-9,12-13,16-17,19,22H,3-7,10-11,14-15,18H2,1-2H3,(H2,25,26,27). The van der Waals surface area contributed by atoms with E-state index in [1.807, 2.05) is 0 Å². The third-order valence-electron chi connectivity index (χ3n) is 6.30. The van der Waals surface area contributed by atoms with Gasteiger partial charge in [-0.1, -0.05) is 25.0 Å². The van der Waals surface area contributed by atoms with Crippen LogP contribution in [0.4, 0.5) is 5.69 Å². The van der Waals surface area contributed by atoms with Crippen molar-refractivity contribution in [3.63, 3.8) is 0 Å². The van der Waals surface area contributed by atoms with E-state index in [-0.39, 0.29) is 6.04 Å². The van der Waals surface area contributed by atoms with Crippen LogP contribution in [0.2, 0.25) is 0 Å². The first-order valence-electron chi connectivity index (χ1n) is 11.7. The third kappa shape index (κ3) is 5.15. The first kappa shape index (κ1) is 20.8. The van der Waals surface area contributed by atoms with Crippen molar-refractivity contribution in [3.8, 4) is 0 Å². The summed E-state index contributed by atoms with van der Waals surface area (Å²) < 4.78 is 2.14. The Hall–Kier alpha value is -2.50. The molecule has 6 nitrogen and oxygen atoms in total. The zero-order valence-corrected chi connectivity index (χ0v) is 18.5. The lowest BCUT2D eigenvalue weighted by atomic mass is 10.1. The van der Waals surface area contributed by atoms with Gasteiger partial charge in [0.05, 0.1) is 24.3 Å². The van der Waals surface area contributed by atoms with Gasteiger partial charge in [-0.15, -0.1) is 0 Å². The molecule has 1 unspecified atom stereocenters. The lowest BCUT2D eigenvalue weighted by Gasteiger charge is -2.22. The van der Waals surface area contributed by atoms with Crippen LogP contribution < -0.4 is 15.5 Å². The van der Waals surface area contributed by atoms with Crippen LogP contribution in [-0.2, 0) is 6.54 Å². The lowest BCUT2D eigenvalue weighted by molar-refractivity contribution is 0.463. The summed E-state index contributed by atoms with van der Waals surface area (Å²) in [7, 11) is 0. The van der Waals surface area contributed by atoms with E-state index in [0.29, 0.717) is 12.6 Å². The molecule has 2 heterocycles. The van der Waals surface area contributed by atoms with E-state index < -0.39 is 0 Å². The number of guanidine groups is 1. The Morgan fingerprint density at radius 2 is 1.97 bits per heavy atom. The van der Waals surface area contributed by atoms with Gasteiger partial charge in [0.15, 0.2) is 5.96 Å². The Morgan fingerprint density at radius 3 is 2.73 bits per heavy atom. The molecule has 1 saturated heterocycles. The van der Waals surface area contributed by atoms with E-state index in [9.17, 15) is 0 Å². The fraction of sp³-hybridized carbons (Fsp3) is 0.583. The molecular weight excluding hydrogens is 372 g/mol. The van der Waals surface area contributed by atoms with Crippen molar-refractivity contribution in [1.29, 1.82) is 0 Å². The highest BCUT2D eigenvalue weighted by atomic mass is 15.3. The summed E-state index contributed by atoms with van der Waals surface area (Å²) >= 11 is 0. The number of aliphatic imine (C=N–C) groups is 1. The minimum Gasteiger partial charge on any atom is -0.372 e. The van der Waals surface area contributed by atoms with Gasteiger partial charge in [0.2, 0.25) is 0 Å². The first-order chi connectivity index (χ1) is 14.7. The van der Waals surface area contributed by atoms with Crippen molar-refractivity contribution in [2.45, 2.75) is 71.0 Å². The molecule has 0 radical (unpaired) electrons. The van der Waals surface area contributed by atoms with Crippen molar-refractivity contribution >= 4 is 11.6 Å². The normalized spacial score (nSPS) is 18.7. The Kier molecular flexibility index (Phi) is 6.92. The van der Waals surface area contributed by atoms with Crippen molar-refractivity contribution in [3.05, 3.63) is 47.8 Å². The molecule has 1 aromatic heterocycles. The number of aromatic nitrogens is 2. The van der Waals surface area contributed by atoms with Gasteiger partial charge in [-0.25, -0.2) is 4.99 Å². The number of benzene rings is 1. The van der Waals surface area contributed by atoms with Crippen LogP contribution in [0.3, 0.4) is 0 Å². The van der Waals surface area contributed by atoms with E-state index >= 15 is 0 Å². The minimum absolute atomic E-state index is 0.182. The number of rotatable bonds is 7. The summed E-state index contributed by atoms with van der Waals surface area (Å²) in [5.41, 5.74) is 3.65. The van der Waals surface area contributed by atoms with E-state index in [2.05, 4.69) is 70.6 Å². The maximum Gasteiger partial charge on any atom is 0.192 e. The number of nitrogens with zero attached hydrogens (tertiary/aromatic N) is 4. The summed E-state index contributed by atoms with van der Waals surface area (Å²) in [6.07, 6.45) is 9.86.